The van der Waals surface area contributed by atoms with Crippen LogP contribution < -0.4 is 9.72 Å². The van der Waals surface area contributed by atoms with E-state index in [1.807, 2.05) is 18.2 Å². The molecule has 0 atom stereocenters. The molecule has 0 spiro atoms. The van der Waals surface area contributed by atoms with Gasteiger partial charge in [-0.25, -0.2) is 4.79 Å². The number of carbonyl (C=O) groups is 1. The summed E-state index contributed by atoms with van der Waals surface area (Å²) in [5.41, 5.74) is 2.56. The zero-order valence-corrected chi connectivity index (χ0v) is 10.9. The number of aryl methyl sites for hydroxylation is 3. The van der Waals surface area contributed by atoms with E-state index in [-0.39, 0.29) is 0 Å². The summed E-state index contributed by atoms with van der Waals surface area (Å²) in [5.74, 6) is 0.425. The molecule has 1 N–H and O–H groups in total. The number of anilines is 1. The smallest absolute Gasteiger partial charge is 0.441 e. The van der Waals surface area contributed by atoms with Crippen LogP contribution in [0.3, 0.4) is 0 Å². The molecule has 2 aromatic rings. The summed E-state index contributed by atoms with van der Waals surface area (Å²) in [7, 11) is 1.81. The van der Waals surface area contributed by atoms with Crippen LogP contribution in [0.1, 0.15) is 18.3 Å². The second kappa shape index (κ2) is 4.59. The fourth-order valence-electron chi connectivity index (χ4n) is 1.85. The quantitative estimate of drug-likeness (QED) is 0.798. The van der Waals surface area contributed by atoms with Crippen LogP contribution in [0.25, 0.3) is 5.65 Å². The van der Waals surface area contributed by atoms with E-state index in [4.69, 9.17) is 4.74 Å². The molecule has 7 nitrogen and oxygen atoms in total. The van der Waals surface area contributed by atoms with Crippen molar-refractivity contribution in [3.8, 4) is 0 Å². The molecule has 0 aliphatic rings. The first kappa shape index (κ1) is 12.3. The maximum atomic E-state index is 11.5. The number of amides is 1. The Bertz CT molecular complexity index is 605. The van der Waals surface area contributed by atoms with Crippen LogP contribution in [0, 0.1) is 13.8 Å². The lowest BCUT2D eigenvalue weighted by atomic mass is 10.4. The molecule has 0 bridgehead atoms. The number of hydrogen-bond donors (Lipinski definition) is 1. The Balaban J connectivity index is 2.52. The average Bonchev–Trinajstić information content (AvgIpc) is 2.62. The van der Waals surface area contributed by atoms with Crippen LogP contribution in [0.5, 0.6) is 0 Å². The molecule has 18 heavy (non-hydrogen) atoms. The number of aromatic nitrogens is 4. The average molecular weight is 250 g/mol. The molecule has 2 heterocycles. The fourth-order valence-corrected chi connectivity index (χ4v) is 1.85. The number of hydrogen-bond acceptors (Lipinski definition) is 4. The first-order chi connectivity index (χ1) is 8.54. The fraction of sp³-hybridized carbons (Fsp3) is 0.455. The summed E-state index contributed by atoms with van der Waals surface area (Å²) >= 11 is 0. The minimum Gasteiger partial charge on any atom is -0.441 e. The van der Waals surface area contributed by atoms with Crippen molar-refractivity contribution in [3.63, 3.8) is 0 Å². The van der Waals surface area contributed by atoms with Gasteiger partial charge in [-0.15, -0.1) is 4.68 Å². The third kappa shape index (κ3) is 1.99. The van der Waals surface area contributed by atoms with Crippen LogP contribution in [-0.2, 0) is 11.8 Å². The van der Waals surface area contributed by atoms with Gasteiger partial charge < -0.3 is 4.74 Å². The predicted octanol–water partition coefficient (Wildman–Crippen LogP) is 0.739. The first-order valence-electron chi connectivity index (χ1n) is 5.69. The molecule has 0 aliphatic carbocycles. The van der Waals surface area contributed by atoms with E-state index in [9.17, 15) is 4.79 Å². The number of nitrogens with zero attached hydrogens (tertiary/aromatic N) is 4. The van der Waals surface area contributed by atoms with Gasteiger partial charge in [-0.05, 0) is 20.8 Å². The largest absolute Gasteiger partial charge is 0.460 e. The van der Waals surface area contributed by atoms with E-state index in [0.717, 1.165) is 17.0 Å². The van der Waals surface area contributed by atoms with Crippen molar-refractivity contribution < 1.29 is 13.9 Å². The third-order valence-electron chi connectivity index (χ3n) is 2.59. The molecule has 1 amide bonds. The Morgan fingerprint density at radius 1 is 1.56 bits per heavy atom. The molecule has 0 fully saturated rings. The maximum Gasteiger partial charge on any atom is 0.460 e. The van der Waals surface area contributed by atoms with E-state index in [1.54, 1.807) is 24.9 Å². The molecule has 0 unspecified atom stereocenters. The molecule has 0 saturated carbocycles. The van der Waals surface area contributed by atoms with Crippen molar-refractivity contribution >= 4 is 17.7 Å². The van der Waals surface area contributed by atoms with Crippen molar-refractivity contribution in [3.05, 3.63) is 17.6 Å². The highest BCUT2D eigenvalue weighted by molar-refractivity contribution is 5.81. The summed E-state index contributed by atoms with van der Waals surface area (Å²) in [4.78, 5) is 15.7. The van der Waals surface area contributed by atoms with Gasteiger partial charge in [0, 0.05) is 5.10 Å². The van der Waals surface area contributed by atoms with Gasteiger partial charge in [-0.1, -0.05) is 0 Å². The highest BCUT2D eigenvalue weighted by Crippen LogP contribution is 2.07. The highest BCUT2D eigenvalue weighted by Gasteiger charge is 2.23. The Morgan fingerprint density at radius 3 is 2.94 bits per heavy atom. The van der Waals surface area contributed by atoms with Gasteiger partial charge in [-0.2, -0.15) is 9.72 Å². The Morgan fingerprint density at radius 2 is 2.28 bits per heavy atom. The molecule has 96 valence electrons. The lowest BCUT2D eigenvalue weighted by Gasteiger charge is -2.00. The Hall–Kier alpha value is -2.18. The van der Waals surface area contributed by atoms with E-state index in [0.29, 0.717) is 12.6 Å². The lowest BCUT2D eigenvalue weighted by molar-refractivity contribution is -0.505. The SMILES string of the molecule is CCOC(=O)Nc1nn(C)c2c(C)ncc(C)[n+]12. The molecule has 0 saturated heterocycles. The number of rotatable bonds is 2. The summed E-state index contributed by atoms with van der Waals surface area (Å²) in [5, 5.41) is 6.88. The second-order valence-corrected chi connectivity index (χ2v) is 3.94. The lowest BCUT2D eigenvalue weighted by Crippen LogP contribution is -2.31. The van der Waals surface area contributed by atoms with Crippen molar-refractivity contribution in [1.82, 2.24) is 14.8 Å². The molecular weight excluding hydrogens is 234 g/mol. The minimum atomic E-state index is -0.515. The monoisotopic (exact) mass is 250 g/mol. The summed E-state index contributed by atoms with van der Waals surface area (Å²) in [6.45, 7) is 5.87. The molecule has 0 aromatic carbocycles. The Kier molecular flexibility index (Phi) is 3.14. The number of nitrogens with one attached hydrogen (secondary N) is 1. The van der Waals surface area contributed by atoms with Crippen LogP contribution in [-0.4, -0.2) is 27.5 Å². The summed E-state index contributed by atoms with van der Waals surface area (Å²) < 4.78 is 8.36. The zero-order valence-electron chi connectivity index (χ0n) is 10.9. The standard InChI is InChI=1S/C11H15N5O2/c1-5-18-11(17)13-10-14-15(4)9-8(3)12-6-7(2)16(9)10/h6H,5H2,1-4H3/p+1. The van der Waals surface area contributed by atoms with E-state index in [2.05, 4.69) is 15.4 Å². The van der Waals surface area contributed by atoms with Crippen molar-refractivity contribution in [2.24, 2.45) is 7.05 Å². The van der Waals surface area contributed by atoms with Crippen LogP contribution in [0.15, 0.2) is 6.20 Å². The highest BCUT2D eigenvalue weighted by atomic mass is 16.5. The van der Waals surface area contributed by atoms with Crippen LogP contribution in [0.2, 0.25) is 0 Å². The van der Waals surface area contributed by atoms with Crippen LogP contribution >= 0.6 is 0 Å². The molecule has 0 aliphatic heterocycles. The molecule has 2 aromatic heterocycles. The van der Waals surface area contributed by atoms with Crippen molar-refractivity contribution in [1.29, 1.82) is 0 Å². The van der Waals surface area contributed by atoms with E-state index < -0.39 is 6.09 Å². The number of fused-ring (bicyclic) bond motifs is 1. The molecular formula is C11H16N5O2+. The van der Waals surface area contributed by atoms with E-state index >= 15 is 0 Å². The molecule has 7 heteroatoms. The molecule has 2 rings (SSSR count). The molecule has 0 radical (unpaired) electrons. The minimum absolute atomic E-state index is 0.320. The number of ether oxygens (including phenoxy) is 1. The second-order valence-electron chi connectivity index (χ2n) is 3.94. The van der Waals surface area contributed by atoms with Gasteiger partial charge in [0.1, 0.15) is 5.69 Å². The topological polar surface area (TPSA) is 73.1 Å². The predicted molar refractivity (Wildman–Crippen MR) is 64.3 cm³/mol. The normalized spacial score (nSPS) is 10.7. The van der Waals surface area contributed by atoms with Gasteiger partial charge in [0.15, 0.2) is 0 Å². The first-order valence-corrected chi connectivity index (χ1v) is 5.69. The van der Waals surface area contributed by atoms with Crippen molar-refractivity contribution in [2.75, 3.05) is 11.9 Å². The van der Waals surface area contributed by atoms with E-state index in [1.165, 1.54) is 0 Å². The van der Waals surface area contributed by atoms with Gasteiger partial charge >= 0.3 is 12.0 Å². The summed E-state index contributed by atoms with van der Waals surface area (Å²) in [6, 6.07) is 0. The van der Waals surface area contributed by atoms with Gasteiger partial charge in [0.05, 0.1) is 25.5 Å². The van der Waals surface area contributed by atoms with Crippen LogP contribution in [0.4, 0.5) is 10.7 Å². The summed E-state index contributed by atoms with van der Waals surface area (Å²) in [6.07, 6.45) is 1.22. The van der Waals surface area contributed by atoms with Gasteiger partial charge in [0.2, 0.25) is 0 Å². The van der Waals surface area contributed by atoms with Crippen molar-refractivity contribution in [2.45, 2.75) is 20.8 Å². The third-order valence-corrected chi connectivity index (χ3v) is 2.59. The Labute approximate surface area is 104 Å². The van der Waals surface area contributed by atoms with Gasteiger partial charge in [-0.3, -0.25) is 4.98 Å². The van der Waals surface area contributed by atoms with Gasteiger partial charge in [0.25, 0.3) is 5.65 Å². The number of carbonyl (C=O) groups excluding carboxylic acids is 1. The maximum absolute atomic E-state index is 11.5. The zero-order chi connectivity index (χ0) is 13.3.